The van der Waals surface area contributed by atoms with Gasteiger partial charge in [0.2, 0.25) is 0 Å². The van der Waals surface area contributed by atoms with E-state index in [1.165, 1.54) is 16.7 Å². The fourth-order valence-corrected chi connectivity index (χ4v) is 3.05. The van der Waals surface area contributed by atoms with Crippen LogP contribution in [-0.4, -0.2) is 36.7 Å². The molecule has 0 saturated carbocycles. The molecule has 0 spiro atoms. The summed E-state index contributed by atoms with van der Waals surface area (Å²) in [6.07, 6.45) is 5.92. The number of hydrogen-bond donors (Lipinski definition) is 0. The van der Waals surface area contributed by atoms with Gasteiger partial charge in [0, 0.05) is 43.0 Å². The van der Waals surface area contributed by atoms with E-state index in [1.807, 2.05) is 12.4 Å². The minimum atomic E-state index is 0.248. The van der Waals surface area contributed by atoms with E-state index in [0.29, 0.717) is 0 Å². The molecule has 1 unspecified atom stereocenters. The molecule has 1 aromatic heterocycles. The van der Waals surface area contributed by atoms with Gasteiger partial charge >= 0.3 is 0 Å². The van der Waals surface area contributed by atoms with Crippen molar-refractivity contribution in [2.75, 3.05) is 20.7 Å². The average molecular weight is 312 g/mol. The molecule has 0 N–H and O–H groups in total. The van der Waals surface area contributed by atoms with Crippen molar-refractivity contribution in [1.29, 1.82) is 0 Å². The molecule has 2 aromatic rings. The van der Waals surface area contributed by atoms with Gasteiger partial charge in [0.1, 0.15) is 17.6 Å². The van der Waals surface area contributed by atoms with E-state index in [2.05, 4.69) is 48.1 Å². The zero-order valence-corrected chi connectivity index (χ0v) is 14.1. The second kappa shape index (κ2) is 7.01. The summed E-state index contributed by atoms with van der Waals surface area (Å²) in [7, 11) is 3.86. The first-order chi connectivity index (χ1) is 11.2. The number of nitrogens with zero attached hydrogens (tertiary/aromatic N) is 2. The fourth-order valence-electron chi connectivity index (χ4n) is 3.05. The number of methoxy groups -OCH3 is 1. The Bertz CT molecular complexity index is 658. The van der Waals surface area contributed by atoms with Crippen LogP contribution in [0, 0.1) is 0 Å². The molecule has 0 saturated heterocycles. The Morgan fingerprint density at radius 3 is 2.83 bits per heavy atom. The molecule has 4 heteroatoms. The Kier molecular flexibility index (Phi) is 4.82. The van der Waals surface area contributed by atoms with Crippen molar-refractivity contribution in [3.8, 4) is 11.5 Å². The zero-order valence-electron chi connectivity index (χ0n) is 14.1. The molecule has 1 atom stereocenters. The van der Waals surface area contributed by atoms with Crippen LogP contribution < -0.4 is 9.47 Å². The largest absolute Gasteiger partial charge is 0.497 e. The highest BCUT2D eigenvalue weighted by molar-refractivity contribution is 5.49. The molecule has 0 radical (unpaired) electrons. The van der Waals surface area contributed by atoms with Crippen LogP contribution in [-0.2, 0) is 19.4 Å². The van der Waals surface area contributed by atoms with Crippen molar-refractivity contribution in [1.82, 2.24) is 9.88 Å². The second-order valence-electron chi connectivity index (χ2n) is 6.25. The number of pyridine rings is 1. The summed E-state index contributed by atoms with van der Waals surface area (Å²) < 4.78 is 11.5. The molecule has 122 valence electrons. The van der Waals surface area contributed by atoms with E-state index in [1.54, 1.807) is 7.11 Å². The summed E-state index contributed by atoms with van der Waals surface area (Å²) in [4.78, 5) is 6.38. The lowest BCUT2D eigenvalue weighted by atomic mass is 10.1. The molecular formula is C19H24N2O2. The first-order valence-corrected chi connectivity index (χ1v) is 8.09. The van der Waals surface area contributed by atoms with Gasteiger partial charge in [0.05, 0.1) is 7.11 Å². The lowest BCUT2D eigenvalue weighted by Gasteiger charge is -2.19. The maximum Gasteiger partial charge on any atom is 0.127 e. The predicted molar refractivity (Wildman–Crippen MR) is 91.1 cm³/mol. The number of likely N-dealkylation sites (N-methyl/N-ethyl adjacent to an activating group) is 1. The SMILES string of the molecule is COc1cc2c(c(CN(C)CCc3ccncc3)c1)OC(C)C2. The molecule has 1 aliphatic heterocycles. The molecule has 23 heavy (non-hydrogen) atoms. The molecular weight excluding hydrogens is 288 g/mol. The molecule has 3 rings (SSSR count). The monoisotopic (exact) mass is 312 g/mol. The third-order valence-electron chi connectivity index (χ3n) is 4.25. The number of ether oxygens (including phenoxy) is 2. The highest BCUT2D eigenvalue weighted by Crippen LogP contribution is 2.36. The molecule has 0 amide bonds. The molecule has 4 nitrogen and oxygen atoms in total. The van der Waals surface area contributed by atoms with Crippen molar-refractivity contribution in [3.05, 3.63) is 53.3 Å². The third kappa shape index (κ3) is 3.82. The quantitative estimate of drug-likeness (QED) is 0.821. The molecule has 0 fully saturated rings. The highest BCUT2D eigenvalue weighted by Gasteiger charge is 2.23. The van der Waals surface area contributed by atoms with Crippen LogP contribution in [0.15, 0.2) is 36.7 Å². The van der Waals surface area contributed by atoms with Gasteiger partial charge < -0.3 is 14.4 Å². The number of benzene rings is 1. The van der Waals surface area contributed by atoms with Crippen LogP contribution in [0.2, 0.25) is 0 Å². The van der Waals surface area contributed by atoms with Gasteiger partial charge in [-0.1, -0.05) is 0 Å². The Labute approximate surface area is 138 Å². The first-order valence-electron chi connectivity index (χ1n) is 8.09. The van der Waals surface area contributed by atoms with Gasteiger partial charge in [0.15, 0.2) is 0 Å². The Balaban J connectivity index is 1.68. The smallest absolute Gasteiger partial charge is 0.127 e. The molecule has 2 heterocycles. The van der Waals surface area contributed by atoms with Crippen LogP contribution in [0.25, 0.3) is 0 Å². The van der Waals surface area contributed by atoms with Crippen molar-refractivity contribution in [2.45, 2.75) is 32.4 Å². The van der Waals surface area contributed by atoms with E-state index in [0.717, 1.165) is 37.4 Å². The Morgan fingerprint density at radius 2 is 2.09 bits per heavy atom. The van der Waals surface area contributed by atoms with Crippen LogP contribution in [0.1, 0.15) is 23.6 Å². The number of hydrogen-bond acceptors (Lipinski definition) is 4. The van der Waals surface area contributed by atoms with Crippen LogP contribution >= 0.6 is 0 Å². The second-order valence-corrected chi connectivity index (χ2v) is 6.25. The summed E-state index contributed by atoms with van der Waals surface area (Å²) in [6, 6.07) is 8.34. The van der Waals surface area contributed by atoms with Crippen molar-refractivity contribution < 1.29 is 9.47 Å². The predicted octanol–water partition coefficient (Wildman–Crippen LogP) is 3.09. The van der Waals surface area contributed by atoms with Gasteiger partial charge in [-0.3, -0.25) is 4.98 Å². The molecule has 0 aliphatic carbocycles. The molecule has 0 bridgehead atoms. The minimum absolute atomic E-state index is 0.248. The summed E-state index contributed by atoms with van der Waals surface area (Å²) in [5, 5.41) is 0. The molecule has 1 aromatic carbocycles. The number of fused-ring (bicyclic) bond motifs is 1. The summed E-state index contributed by atoms with van der Waals surface area (Å²) in [5.74, 6) is 1.97. The van der Waals surface area contributed by atoms with E-state index in [9.17, 15) is 0 Å². The topological polar surface area (TPSA) is 34.6 Å². The Hall–Kier alpha value is -2.07. The van der Waals surface area contributed by atoms with Gasteiger partial charge in [0.25, 0.3) is 0 Å². The maximum absolute atomic E-state index is 6.01. The first kappa shape index (κ1) is 15.8. The third-order valence-corrected chi connectivity index (χ3v) is 4.25. The lowest BCUT2D eigenvalue weighted by molar-refractivity contribution is 0.246. The summed E-state index contributed by atoms with van der Waals surface area (Å²) in [5.41, 5.74) is 3.78. The van der Waals surface area contributed by atoms with Crippen LogP contribution in [0.4, 0.5) is 0 Å². The normalized spacial score (nSPS) is 16.3. The number of rotatable bonds is 6. The van der Waals surface area contributed by atoms with E-state index in [-0.39, 0.29) is 6.10 Å². The minimum Gasteiger partial charge on any atom is -0.497 e. The number of aromatic nitrogens is 1. The average Bonchev–Trinajstić information content (AvgIpc) is 2.94. The maximum atomic E-state index is 6.01. The van der Waals surface area contributed by atoms with Crippen molar-refractivity contribution in [3.63, 3.8) is 0 Å². The van der Waals surface area contributed by atoms with Crippen LogP contribution in [0.5, 0.6) is 11.5 Å². The van der Waals surface area contributed by atoms with E-state index in [4.69, 9.17) is 9.47 Å². The highest BCUT2D eigenvalue weighted by atomic mass is 16.5. The van der Waals surface area contributed by atoms with Gasteiger partial charge in [-0.25, -0.2) is 0 Å². The Morgan fingerprint density at radius 1 is 1.30 bits per heavy atom. The zero-order chi connectivity index (χ0) is 16.2. The lowest BCUT2D eigenvalue weighted by Crippen LogP contribution is -2.21. The van der Waals surface area contributed by atoms with Crippen molar-refractivity contribution in [2.24, 2.45) is 0 Å². The van der Waals surface area contributed by atoms with Crippen molar-refractivity contribution >= 4 is 0 Å². The standard InChI is InChI=1S/C19H24N2O2/c1-14-10-16-11-18(22-3)12-17(19(16)23-14)13-21(2)9-6-15-4-7-20-8-5-15/h4-5,7-8,11-12,14H,6,9-10,13H2,1-3H3. The van der Waals surface area contributed by atoms with Gasteiger partial charge in [-0.15, -0.1) is 0 Å². The van der Waals surface area contributed by atoms with Crippen LogP contribution in [0.3, 0.4) is 0 Å². The summed E-state index contributed by atoms with van der Waals surface area (Å²) >= 11 is 0. The van der Waals surface area contributed by atoms with Gasteiger partial charge in [-0.05, 0) is 50.2 Å². The van der Waals surface area contributed by atoms with Gasteiger partial charge in [-0.2, -0.15) is 0 Å². The van der Waals surface area contributed by atoms with E-state index < -0.39 is 0 Å². The molecule has 1 aliphatic rings. The fraction of sp³-hybridized carbons (Fsp3) is 0.421. The summed E-state index contributed by atoms with van der Waals surface area (Å²) in [6.45, 7) is 3.96. The van der Waals surface area contributed by atoms with E-state index >= 15 is 0 Å².